The van der Waals surface area contributed by atoms with Gasteiger partial charge in [-0.2, -0.15) is 0 Å². The van der Waals surface area contributed by atoms with Crippen LogP contribution in [0.4, 0.5) is 11.4 Å². The summed E-state index contributed by atoms with van der Waals surface area (Å²) >= 11 is 0.701. The Hall–Kier alpha value is -1.45. The molecule has 0 radical (unpaired) electrons. The molecule has 0 saturated heterocycles. The Bertz CT molecular complexity index is 1080. The van der Waals surface area contributed by atoms with Crippen molar-refractivity contribution in [3.8, 4) is 0 Å². The molecule has 20 heavy (non-hydrogen) atoms. The van der Waals surface area contributed by atoms with Gasteiger partial charge < -0.3 is 9.80 Å². The topological polar surface area (TPSA) is 6.48 Å². The molecule has 0 aliphatic carbocycles. The van der Waals surface area contributed by atoms with Crippen molar-refractivity contribution in [2.24, 2.45) is 0 Å². The molecule has 2 nitrogen and oxygen atoms in total. The number of para-hydroxylation sites is 2. The Morgan fingerprint density at radius 3 is 2.30 bits per heavy atom. The summed E-state index contributed by atoms with van der Waals surface area (Å²) in [5.74, 6) is 0. The number of hydrogen-bond donors (Lipinski definition) is 0. The van der Waals surface area contributed by atoms with E-state index in [1.165, 1.54) is 14.0 Å². The van der Waals surface area contributed by atoms with Crippen LogP contribution in [0.25, 0.3) is 0 Å². The molecule has 3 rings (SSSR count). The predicted molar refractivity (Wildman–Crippen MR) is 87.2 cm³/mol. The standard InChI is InChI=1S/C17H20N2S/c1-13(18(2)3)12-19-14-8-4-6-10-16(14)20-17-11-7-5-9-15(17)19/h4-11,13H,12H2,1-3H3/i2D3,4D,5D,6D,7D,8D,9D,10D,11D,12D2. The average molecular weight is 298 g/mol. The van der Waals surface area contributed by atoms with Gasteiger partial charge in [0.15, 0.2) is 0 Å². The van der Waals surface area contributed by atoms with E-state index < -0.39 is 67.9 Å². The Balaban J connectivity index is 2.46. The molecule has 0 amide bonds. The molecule has 0 spiro atoms. The number of hydrogen-bond acceptors (Lipinski definition) is 3. The zero-order valence-corrected chi connectivity index (χ0v) is 11.7. The molecular formula is C17H20N2S. The zero-order valence-electron chi connectivity index (χ0n) is 23.9. The van der Waals surface area contributed by atoms with Gasteiger partial charge in [0.25, 0.3) is 0 Å². The van der Waals surface area contributed by atoms with Crippen LogP contribution in [0.2, 0.25) is 0 Å². The van der Waals surface area contributed by atoms with Gasteiger partial charge >= 0.3 is 0 Å². The predicted octanol–water partition coefficient (Wildman–Crippen LogP) is 4.24. The summed E-state index contributed by atoms with van der Waals surface area (Å²) in [6.45, 7) is -4.09. The molecule has 104 valence electrons. The quantitative estimate of drug-likeness (QED) is 0.836. The zero-order chi connectivity index (χ0) is 25.4. The minimum absolute atomic E-state index is 0.119. The highest BCUT2D eigenvalue weighted by atomic mass is 32.2. The van der Waals surface area contributed by atoms with E-state index in [1.807, 2.05) is 0 Å². The second kappa shape index (κ2) is 5.51. The molecule has 1 unspecified atom stereocenters. The van der Waals surface area contributed by atoms with E-state index in [1.54, 1.807) is 0 Å². The van der Waals surface area contributed by atoms with Crippen molar-refractivity contribution in [1.29, 1.82) is 0 Å². The lowest BCUT2D eigenvalue weighted by molar-refractivity contribution is 0.319. The van der Waals surface area contributed by atoms with Gasteiger partial charge in [-0.3, -0.25) is 0 Å². The Kier molecular flexibility index (Phi) is 1.40. The first-order chi connectivity index (χ1) is 15.0. The number of anilines is 2. The molecule has 1 atom stereocenters. The summed E-state index contributed by atoms with van der Waals surface area (Å²) in [5.41, 5.74) is -0.640. The Labute approximate surface area is 143 Å². The van der Waals surface area contributed by atoms with E-state index in [2.05, 4.69) is 0 Å². The van der Waals surface area contributed by atoms with Crippen LogP contribution >= 0.6 is 11.8 Å². The minimum atomic E-state index is -2.70. The Morgan fingerprint density at radius 1 is 1.20 bits per heavy atom. The lowest BCUT2D eigenvalue weighted by Crippen LogP contribution is -2.37. The van der Waals surface area contributed by atoms with Crippen molar-refractivity contribution in [3.63, 3.8) is 0 Å². The highest BCUT2D eigenvalue weighted by molar-refractivity contribution is 7.99. The van der Waals surface area contributed by atoms with Crippen LogP contribution in [0.5, 0.6) is 0 Å². The van der Waals surface area contributed by atoms with E-state index in [9.17, 15) is 0 Å². The van der Waals surface area contributed by atoms with Crippen LogP contribution in [0, 0.1) is 0 Å². The van der Waals surface area contributed by atoms with Crippen molar-refractivity contribution >= 4 is 23.1 Å². The minimum Gasteiger partial charge on any atom is -0.338 e. The van der Waals surface area contributed by atoms with Gasteiger partial charge in [0.1, 0.15) is 0 Å². The normalized spacial score (nSPS) is 25.6. The number of fused-ring (bicyclic) bond motifs is 2. The van der Waals surface area contributed by atoms with E-state index >= 15 is 0 Å². The van der Waals surface area contributed by atoms with Gasteiger partial charge in [0.05, 0.1) is 25.1 Å². The van der Waals surface area contributed by atoms with Crippen LogP contribution < -0.4 is 4.90 Å². The summed E-state index contributed by atoms with van der Waals surface area (Å²) < 4.78 is 106. The molecule has 0 aromatic heterocycles. The summed E-state index contributed by atoms with van der Waals surface area (Å²) in [6, 6.07) is -6.06. The molecule has 3 heteroatoms. The summed E-state index contributed by atoms with van der Waals surface area (Å²) in [6.07, 6.45) is 0. The molecule has 0 bridgehead atoms. The maximum absolute atomic E-state index is 8.87. The third kappa shape index (κ3) is 2.43. The van der Waals surface area contributed by atoms with Crippen LogP contribution in [0.3, 0.4) is 0 Å². The molecule has 0 N–H and O–H groups in total. The van der Waals surface area contributed by atoms with E-state index in [4.69, 9.17) is 17.8 Å². The lowest BCUT2D eigenvalue weighted by atomic mass is 10.2. The number of nitrogens with zero attached hydrogens (tertiary/aromatic N) is 2. The first-order valence-electron chi connectivity index (χ1n) is 12.4. The molecule has 1 aliphatic heterocycles. The lowest BCUT2D eigenvalue weighted by Gasteiger charge is -2.36. The van der Waals surface area contributed by atoms with Gasteiger partial charge in [0.2, 0.25) is 0 Å². The summed E-state index contributed by atoms with van der Waals surface area (Å²) in [5, 5.41) is 0. The molecule has 0 saturated carbocycles. The summed E-state index contributed by atoms with van der Waals surface area (Å²) in [7, 11) is 1.18. The third-order valence-electron chi connectivity index (χ3n) is 2.82. The first-order valence-corrected chi connectivity index (χ1v) is 6.69. The van der Waals surface area contributed by atoms with Crippen molar-refractivity contribution < 1.29 is 17.8 Å². The molecule has 2 aromatic carbocycles. The highest BCUT2D eigenvalue weighted by Crippen LogP contribution is 2.47. The van der Waals surface area contributed by atoms with Crippen LogP contribution in [-0.4, -0.2) is 31.5 Å². The highest BCUT2D eigenvalue weighted by Gasteiger charge is 2.24. The SMILES string of the molecule is [2H]c1c([2H])c([2H])c2c(c1[2H])Sc1c([2H])c([2H])c([2H])c([2H])c1N2C([2H])([2H])C(C)N(C)C([2H])([2H])[2H]. The van der Waals surface area contributed by atoms with Gasteiger partial charge in [-0.25, -0.2) is 0 Å². The fourth-order valence-corrected chi connectivity index (χ4v) is 2.55. The monoisotopic (exact) mass is 297 g/mol. The number of rotatable bonds is 3. The fourth-order valence-electron chi connectivity index (χ4n) is 1.67. The molecule has 0 fully saturated rings. The van der Waals surface area contributed by atoms with Crippen molar-refractivity contribution in [2.45, 2.75) is 22.8 Å². The maximum Gasteiger partial charge on any atom is 0.0645 e. The largest absolute Gasteiger partial charge is 0.338 e. The van der Waals surface area contributed by atoms with Gasteiger partial charge in [-0.15, -0.1) is 0 Å². The third-order valence-corrected chi connectivity index (χ3v) is 3.82. The van der Waals surface area contributed by atoms with Crippen molar-refractivity contribution in [1.82, 2.24) is 4.90 Å². The van der Waals surface area contributed by atoms with Crippen LogP contribution in [-0.2, 0) is 0 Å². The fraction of sp³-hybridized carbons (Fsp3) is 0.294. The van der Waals surface area contributed by atoms with Gasteiger partial charge in [-0.1, -0.05) is 35.9 Å². The first kappa shape index (κ1) is 5.08. The van der Waals surface area contributed by atoms with Crippen molar-refractivity contribution in [3.05, 3.63) is 48.3 Å². The van der Waals surface area contributed by atoms with E-state index in [0.717, 1.165) is 9.80 Å². The van der Waals surface area contributed by atoms with E-state index in [-0.39, 0.29) is 21.2 Å². The van der Waals surface area contributed by atoms with Crippen molar-refractivity contribution in [2.75, 3.05) is 25.4 Å². The van der Waals surface area contributed by atoms with E-state index in [0.29, 0.717) is 11.8 Å². The number of likely N-dealkylation sites (N-methyl/N-ethyl adjacent to an activating group) is 1. The average Bonchev–Trinajstić information content (AvgIpc) is 2.75. The van der Waals surface area contributed by atoms with Gasteiger partial charge in [0, 0.05) is 26.4 Å². The van der Waals surface area contributed by atoms with Crippen LogP contribution in [0.1, 0.15) is 24.7 Å². The van der Waals surface area contributed by atoms with Gasteiger partial charge in [-0.05, 0) is 45.1 Å². The van der Waals surface area contributed by atoms with Crippen LogP contribution in [0.15, 0.2) is 58.1 Å². The smallest absolute Gasteiger partial charge is 0.0645 e. The second-order valence-corrected chi connectivity index (χ2v) is 5.23. The maximum atomic E-state index is 8.87. The second-order valence-electron chi connectivity index (χ2n) is 4.21. The molecule has 2 aromatic rings. The molecule has 1 heterocycles. The summed E-state index contributed by atoms with van der Waals surface area (Å²) in [4.78, 5) is 1.33. The Morgan fingerprint density at radius 2 is 1.75 bits per heavy atom. The molecule has 1 aliphatic rings. The molecular weight excluding hydrogens is 264 g/mol. The number of benzene rings is 2.